The summed E-state index contributed by atoms with van der Waals surface area (Å²) >= 11 is 6.09. The number of fused-ring (bicyclic) bond motifs is 1. The van der Waals surface area contributed by atoms with Crippen LogP contribution in [0.1, 0.15) is 21.5 Å². The highest BCUT2D eigenvalue weighted by Crippen LogP contribution is 2.30. The summed E-state index contributed by atoms with van der Waals surface area (Å²) in [6.45, 7) is 1.05. The van der Waals surface area contributed by atoms with Gasteiger partial charge in [-0.25, -0.2) is 0 Å². The number of phenols is 1. The molecule has 1 aliphatic heterocycles. The lowest BCUT2D eigenvalue weighted by Crippen LogP contribution is -2.25. The number of para-hydroxylation sites is 1. The molecule has 5 heteroatoms. The minimum absolute atomic E-state index is 0.0509. The van der Waals surface area contributed by atoms with Crippen LogP contribution in [-0.2, 0) is 13.1 Å². The van der Waals surface area contributed by atoms with Gasteiger partial charge in [0.25, 0.3) is 5.91 Å². The second kappa shape index (κ2) is 6.73. The molecule has 0 spiro atoms. The van der Waals surface area contributed by atoms with Crippen molar-refractivity contribution in [3.63, 3.8) is 0 Å². The zero-order valence-electron chi connectivity index (χ0n) is 13.9. The number of halogens is 1. The van der Waals surface area contributed by atoms with Crippen LogP contribution in [0.25, 0.3) is 0 Å². The maximum Gasteiger partial charge on any atom is 0.254 e. The van der Waals surface area contributed by atoms with Crippen molar-refractivity contribution in [2.75, 3.05) is 0 Å². The molecule has 1 aliphatic rings. The van der Waals surface area contributed by atoms with Gasteiger partial charge in [0, 0.05) is 18.7 Å². The van der Waals surface area contributed by atoms with Crippen molar-refractivity contribution >= 4 is 17.5 Å². The SMILES string of the molecule is O=C(c1ccc(Oc2ccccc2Cl)cc1)N1Cc2ccc(O)cc2C1. The van der Waals surface area contributed by atoms with Gasteiger partial charge in [-0.05, 0) is 59.7 Å². The van der Waals surface area contributed by atoms with Crippen LogP contribution in [0.2, 0.25) is 5.02 Å². The number of carbonyl (C=O) groups is 1. The summed E-state index contributed by atoms with van der Waals surface area (Å²) in [5.74, 6) is 1.36. The third kappa shape index (κ3) is 3.24. The van der Waals surface area contributed by atoms with E-state index < -0.39 is 0 Å². The van der Waals surface area contributed by atoms with Crippen LogP contribution in [0.4, 0.5) is 0 Å². The monoisotopic (exact) mass is 365 g/mol. The summed E-state index contributed by atoms with van der Waals surface area (Å²) in [7, 11) is 0. The molecule has 0 radical (unpaired) electrons. The zero-order chi connectivity index (χ0) is 18.1. The van der Waals surface area contributed by atoms with Crippen LogP contribution >= 0.6 is 11.6 Å². The molecule has 0 aliphatic carbocycles. The van der Waals surface area contributed by atoms with E-state index in [2.05, 4.69) is 0 Å². The molecular weight excluding hydrogens is 350 g/mol. The van der Waals surface area contributed by atoms with Crippen molar-refractivity contribution in [3.8, 4) is 17.2 Å². The summed E-state index contributed by atoms with van der Waals surface area (Å²) in [5, 5.41) is 10.1. The Bertz CT molecular complexity index is 969. The van der Waals surface area contributed by atoms with E-state index in [1.165, 1.54) is 0 Å². The van der Waals surface area contributed by atoms with Gasteiger partial charge in [0.2, 0.25) is 0 Å². The second-order valence-electron chi connectivity index (χ2n) is 6.17. The topological polar surface area (TPSA) is 49.8 Å². The minimum atomic E-state index is -0.0509. The van der Waals surface area contributed by atoms with E-state index >= 15 is 0 Å². The van der Waals surface area contributed by atoms with Crippen molar-refractivity contribution in [2.24, 2.45) is 0 Å². The van der Waals surface area contributed by atoms with Gasteiger partial charge in [-0.2, -0.15) is 0 Å². The van der Waals surface area contributed by atoms with Gasteiger partial charge in [-0.1, -0.05) is 29.8 Å². The Morgan fingerprint density at radius 1 is 0.962 bits per heavy atom. The Morgan fingerprint density at radius 2 is 1.69 bits per heavy atom. The molecule has 0 unspecified atom stereocenters. The molecular formula is C21H16ClNO3. The number of hydrogen-bond acceptors (Lipinski definition) is 3. The first kappa shape index (κ1) is 16.5. The standard InChI is InChI=1S/C21H16ClNO3/c22-19-3-1-2-4-20(19)26-18-9-6-14(7-10-18)21(25)23-12-15-5-8-17(24)11-16(15)13-23/h1-11,24H,12-13H2. The Hall–Kier alpha value is -2.98. The Morgan fingerprint density at radius 3 is 2.46 bits per heavy atom. The van der Waals surface area contributed by atoms with Gasteiger partial charge >= 0.3 is 0 Å². The molecule has 0 fully saturated rings. The predicted molar refractivity (Wildman–Crippen MR) is 99.7 cm³/mol. The summed E-state index contributed by atoms with van der Waals surface area (Å²) in [5.41, 5.74) is 2.64. The van der Waals surface area contributed by atoms with Crippen molar-refractivity contribution in [3.05, 3.63) is 88.4 Å². The largest absolute Gasteiger partial charge is 0.508 e. The second-order valence-corrected chi connectivity index (χ2v) is 6.58. The number of benzene rings is 3. The average Bonchev–Trinajstić information content (AvgIpc) is 3.07. The summed E-state index contributed by atoms with van der Waals surface area (Å²) < 4.78 is 5.75. The number of aromatic hydroxyl groups is 1. The highest BCUT2D eigenvalue weighted by molar-refractivity contribution is 6.32. The number of hydrogen-bond donors (Lipinski definition) is 1. The van der Waals surface area contributed by atoms with Crippen LogP contribution in [0.3, 0.4) is 0 Å². The molecule has 3 aromatic carbocycles. The number of phenolic OH excluding ortho intramolecular Hbond substituents is 1. The van der Waals surface area contributed by atoms with E-state index in [0.29, 0.717) is 35.2 Å². The van der Waals surface area contributed by atoms with Crippen LogP contribution in [-0.4, -0.2) is 15.9 Å². The Balaban J connectivity index is 1.47. The molecule has 0 bridgehead atoms. The van der Waals surface area contributed by atoms with Gasteiger partial charge in [0.05, 0.1) is 5.02 Å². The maximum atomic E-state index is 12.7. The Kier molecular flexibility index (Phi) is 4.27. The van der Waals surface area contributed by atoms with Crippen molar-refractivity contribution in [2.45, 2.75) is 13.1 Å². The Labute approximate surface area is 156 Å². The van der Waals surface area contributed by atoms with Gasteiger partial charge in [0.1, 0.15) is 17.2 Å². The summed E-state index contributed by atoms with van der Waals surface area (Å²) in [6, 6.07) is 19.5. The first-order valence-corrected chi connectivity index (χ1v) is 8.60. The molecule has 4 nitrogen and oxygen atoms in total. The maximum absolute atomic E-state index is 12.7. The summed E-state index contributed by atoms with van der Waals surface area (Å²) in [6.07, 6.45) is 0. The lowest BCUT2D eigenvalue weighted by Gasteiger charge is -2.15. The van der Waals surface area contributed by atoms with E-state index in [4.69, 9.17) is 16.3 Å². The molecule has 0 saturated heterocycles. The molecule has 0 atom stereocenters. The molecule has 1 amide bonds. The highest BCUT2D eigenvalue weighted by Gasteiger charge is 2.24. The van der Waals surface area contributed by atoms with Crippen LogP contribution < -0.4 is 4.74 Å². The molecule has 4 rings (SSSR count). The fraction of sp³-hybridized carbons (Fsp3) is 0.0952. The van der Waals surface area contributed by atoms with Crippen molar-refractivity contribution in [1.82, 2.24) is 4.90 Å². The molecule has 0 aromatic heterocycles. The third-order valence-corrected chi connectivity index (χ3v) is 4.68. The van der Waals surface area contributed by atoms with E-state index in [9.17, 15) is 9.90 Å². The van der Waals surface area contributed by atoms with Gasteiger partial charge in [-0.15, -0.1) is 0 Å². The lowest BCUT2D eigenvalue weighted by atomic mass is 10.1. The van der Waals surface area contributed by atoms with Gasteiger partial charge in [0.15, 0.2) is 0 Å². The molecule has 130 valence electrons. The minimum Gasteiger partial charge on any atom is -0.508 e. The molecule has 1 heterocycles. The average molecular weight is 366 g/mol. The first-order chi connectivity index (χ1) is 12.6. The number of nitrogens with zero attached hydrogens (tertiary/aromatic N) is 1. The third-order valence-electron chi connectivity index (χ3n) is 4.37. The lowest BCUT2D eigenvalue weighted by molar-refractivity contribution is 0.0751. The van der Waals surface area contributed by atoms with Gasteiger partial charge in [-0.3, -0.25) is 4.79 Å². The number of rotatable bonds is 3. The van der Waals surface area contributed by atoms with E-state index in [1.54, 1.807) is 53.4 Å². The molecule has 26 heavy (non-hydrogen) atoms. The van der Waals surface area contributed by atoms with E-state index in [-0.39, 0.29) is 11.7 Å². The van der Waals surface area contributed by atoms with Gasteiger partial charge < -0.3 is 14.7 Å². The number of carbonyl (C=O) groups excluding carboxylic acids is 1. The molecule has 1 N–H and O–H groups in total. The highest BCUT2D eigenvalue weighted by atomic mass is 35.5. The fourth-order valence-electron chi connectivity index (χ4n) is 3.03. The van der Waals surface area contributed by atoms with Crippen LogP contribution in [0, 0.1) is 0 Å². The van der Waals surface area contributed by atoms with Crippen molar-refractivity contribution in [1.29, 1.82) is 0 Å². The summed E-state index contributed by atoms with van der Waals surface area (Å²) in [4.78, 5) is 14.5. The van der Waals surface area contributed by atoms with E-state index in [0.717, 1.165) is 11.1 Å². The smallest absolute Gasteiger partial charge is 0.254 e. The van der Waals surface area contributed by atoms with Crippen molar-refractivity contribution < 1.29 is 14.6 Å². The van der Waals surface area contributed by atoms with E-state index in [1.807, 2.05) is 18.2 Å². The molecule has 3 aromatic rings. The van der Waals surface area contributed by atoms with Crippen LogP contribution in [0.15, 0.2) is 66.7 Å². The zero-order valence-corrected chi connectivity index (χ0v) is 14.6. The van der Waals surface area contributed by atoms with Crippen LogP contribution in [0.5, 0.6) is 17.2 Å². The fourth-order valence-corrected chi connectivity index (χ4v) is 3.20. The normalized spacial score (nSPS) is 12.7. The molecule has 0 saturated carbocycles. The number of amides is 1. The predicted octanol–water partition coefficient (Wildman–Crippen LogP) is 4.99. The number of ether oxygens (including phenoxy) is 1. The first-order valence-electron chi connectivity index (χ1n) is 8.22. The quantitative estimate of drug-likeness (QED) is 0.711.